The summed E-state index contributed by atoms with van der Waals surface area (Å²) in [5.74, 6) is -1.65. The van der Waals surface area contributed by atoms with Gasteiger partial charge in [0, 0.05) is 25.6 Å². The third kappa shape index (κ3) is 6.01. The molecule has 1 amide bonds. The summed E-state index contributed by atoms with van der Waals surface area (Å²) in [5, 5.41) is 11.4. The number of nitrogens with one attached hydrogen (secondary N) is 1. The number of carboxylic acids is 1. The van der Waals surface area contributed by atoms with Gasteiger partial charge >= 0.3 is 5.97 Å². The standard InChI is InChI=1S/C13H24N2O5S/c1-2-3-7-14-13(18)11-4-8-15(9-5-11)21(19,20)10-6-12(16)17/h11H,2-10H2,1H3,(H,14,18)(H,16,17). The molecule has 1 aliphatic heterocycles. The molecule has 0 aromatic rings. The van der Waals surface area contributed by atoms with Crippen LogP contribution in [0.5, 0.6) is 0 Å². The zero-order valence-electron chi connectivity index (χ0n) is 12.4. The first-order chi connectivity index (χ1) is 9.86. The van der Waals surface area contributed by atoms with Gasteiger partial charge in [0.15, 0.2) is 0 Å². The lowest BCUT2D eigenvalue weighted by Crippen LogP contribution is -2.44. The van der Waals surface area contributed by atoms with E-state index in [0.717, 1.165) is 12.8 Å². The molecule has 0 aromatic carbocycles. The number of hydrogen-bond donors (Lipinski definition) is 2. The Morgan fingerprint density at radius 2 is 1.90 bits per heavy atom. The van der Waals surface area contributed by atoms with E-state index in [2.05, 4.69) is 5.32 Å². The number of hydrogen-bond acceptors (Lipinski definition) is 4. The molecule has 0 spiro atoms. The van der Waals surface area contributed by atoms with Crippen molar-refractivity contribution in [2.75, 3.05) is 25.4 Å². The van der Waals surface area contributed by atoms with Gasteiger partial charge < -0.3 is 10.4 Å². The van der Waals surface area contributed by atoms with E-state index in [1.165, 1.54) is 4.31 Å². The Kier molecular flexibility index (Phi) is 7.10. The minimum absolute atomic E-state index is 0.00830. The second kappa shape index (κ2) is 8.33. The van der Waals surface area contributed by atoms with E-state index in [0.29, 0.717) is 19.4 Å². The van der Waals surface area contributed by atoms with Gasteiger partial charge in [0.25, 0.3) is 0 Å². The number of nitrogens with zero attached hydrogens (tertiary/aromatic N) is 1. The van der Waals surface area contributed by atoms with E-state index >= 15 is 0 Å². The number of sulfonamides is 1. The van der Waals surface area contributed by atoms with Gasteiger partial charge in [-0.15, -0.1) is 0 Å². The molecular formula is C13H24N2O5S. The topological polar surface area (TPSA) is 104 Å². The number of aliphatic carboxylic acids is 1. The number of piperidine rings is 1. The van der Waals surface area contributed by atoms with Crippen LogP contribution in [0.3, 0.4) is 0 Å². The maximum atomic E-state index is 11.9. The summed E-state index contributed by atoms with van der Waals surface area (Å²) in [6, 6.07) is 0. The van der Waals surface area contributed by atoms with Crippen LogP contribution in [-0.2, 0) is 19.6 Å². The molecule has 0 unspecified atom stereocenters. The molecule has 0 bridgehead atoms. The second-order valence-corrected chi connectivity index (χ2v) is 7.37. The van der Waals surface area contributed by atoms with Crippen LogP contribution in [0.1, 0.15) is 39.0 Å². The molecule has 1 fully saturated rings. The average Bonchev–Trinajstić information content (AvgIpc) is 2.45. The number of carbonyl (C=O) groups excluding carboxylic acids is 1. The molecule has 122 valence electrons. The van der Waals surface area contributed by atoms with Crippen LogP contribution in [-0.4, -0.2) is 55.1 Å². The maximum Gasteiger partial charge on any atom is 0.304 e. The van der Waals surface area contributed by atoms with Crippen LogP contribution in [0, 0.1) is 5.92 Å². The van der Waals surface area contributed by atoms with Gasteiger partial charge in [0.05, 0.1) is 12.2 Å². The van der Waals surface area contributed by atoms with Crippen LogP contribution >= 0.6 is 0 Å². The number of amides is 1. The summed E-state index contributed by atoms with van der Waals surface area (Å²) < 4.78 is 25.2. The lowest BCUT2D eigenvalue weighted by molar-refractivity contribution is -0.136. The normalized spacial score (nSPS) is 17.6. The van der Waals surface area contributed by atoms with E-state index in [9.17, 15) is 18.0 Å². The van der Waals surface area contributed by atoms with Crippen LogP contribution < -0.4 is 5.32 Å². The van der Waals surface area contributed by atoms with E-state index in [4.69, 9.17) is 5.11 Å². The lowest BCUT2D eigenvalue weighted by atomic mass is 9.97. The highest BCUT2D eigenvalue weighted by molar-refractivity contribution is 7.89. The van der Waals surface area contributed by atoms with E-state index in [1.54, 1.807) is 0 Å². The molecule has 21 heavy (non-hydrogen) atoms. The predicted octanol–water partition coefficient (Wildman–Crippen LogP) is 0.419. The monoisotopic (exact) mass is 320 g/mol. The van der Waals surface area contributed by atoms with Gasteiger partial charge in [-0.05, 0) is 19.3 Å². The molecule has 0 aliphatic carbocycles. The number of rotatable bonds is 8. The third-order valence-electron chi connectivity index (χ3n) is 3.62. The molecule has 1 aliphatic rings. The maximum absolute atomic E-state index is 11.9. The molecule has 0 atom stereocenters. The first kappa shape index (κ1) is 17.9. The molecule has 1 saturated heterocycles. The van der Waals surface area contributed by atoms with Crippen molar-refractivity contribution in [3.63, 3.8) is 0 Å². The third-order valence-corrected chi connectivity index (χ3v) is 5.49. The Hall–Kier alpha value is -1.15. The Morgan fingerprint density at radius 1 is 1.29 bits per heavy atom. The molecule has 8 heteroatoms. The number of unbranched alkanes of at least 4 members (excludes halogenated alkanes) is 1. The second-order valence-electron chi connectivity index (χ2n) is 5.28. The largest absolute Gasteiger partial charge is 0.481 e. The minimum Gasteiger partial charge on any atom is -0.481 e. The Labute approximate surface area is 125 Å². The summed E-state index contributed by atoms with van der Waals surface area (Å²) in [6.07, 6.45) is 2.54. The SMILES string of the molecule is CCCCNC(=O)C1CCN(S(=O)(=O)CCC(=O)O)CC1. The number of carbonyl (C=O) groups is 2. The molecule has 0 saturated carbocycles. The summed E-state index contributed by atoms with van der Waals surface area (Å²) in [4.78, 5) is 22.3. The molecular weight excluding hydrogens is 296 g/mol. The van der Waals surface area contributed by atoms with Gasteiger partial charge in [0.1, 0.15) is 0 Å². The molecule has 0 aromatic heterocycles. The van der Waals surface area contributed by atoms with Crippen molar-refractivity contribution >= 4 is 21.9 Å². The zero-order chi connectivity index (χ0) is 15.9. The van der Waals surface area contributed by atoms with Gasteiger partial charge in [-0.25, -0.2) is 12.7 Å². The predicted molar refractivity (Wildman–Crippen MR) is 78.3 cm³/mol. The van der Waals surface area contributed by atoms with Crippen LogP contribution in [0.2, 0.25) is 0 Å². The van der Waals surface area contributed by atoms with E-state index in [-0.39, 0.29) is 37.1 Å². The van der Waals surface area contributed by atoms with Crippen molar-refractivity contribution in [1.82, 2.24) is 9.62 Å². The van der Waals surface area contributed by atoms with Crippen LogP contribution in [0.15, 0.2) is 0 Å². The lowest BCUT2D eigenvalue weighted by Gasteiger charge is -2.30. The quantitative estimate of drug-likeness (QED) is 0.631. The van der Waals surface area contributed by atoms with Crippen molar-refractivity contribution in [1.29, 1.82) is 0 Å². The fraction of sp³-hybridized carbons (Fsp3) is 0.846. The molecule has 1 heterocycles. The first-order valence-electron chi connectivity index (χ1n) is 7.34. The first-order valence-corrected chi connectivity index (χ1v) is 8.95. The van der Waals surface area contributed by atoms with Gasteiger partial charge in [-0.2, -0.15) is 0 Å². The molecule has 1 rings (SSSR count). The summed E-state index contributed by atoms with van der Waals surface area (Å²) in [6.45, 7) is 3.28. The van der Waals surface area contributed by atoms with Crippen LogP contribution in [0.25, 0.3) is 0 Å². The minimum atomic E-state index is -3.53. The van der Waals surface area contributed by atoms with E-state index < -0.39 is 16.0 Å². The van der Waals surface area contributed by atoms with Gasteiger partial charge in [0.2, 0.25) is 15.9 Å². The van der Waals surface area contributed by atoms with Gasteiger partial charge in [-0.1, -0.05) is 13.3 Å². The van der Waals surface area contributed by atoms with Crippen molar-refractivity contribution in [2.45, 2.75) is 39.0 Å². The Bertz CT molecular complexity index is 455. The molecule has 2 N–H and O–H groups in total. The zero-order valence-corrected chi connectivity index (χ0v) is 13.2. The highest BCUT2D eigenvalue weighted by Crippen LogP contribution is 2.20. The highest BCUT2D eigenvalue weighted by atomic mass is 32.2. The van der Waals surface area contributed by atoms with Crippen molar-refractivity contribution in [3.8, 4) is 0 Å². The fourth-order valence-electron chi connectivity index (χ4n) is 2.27. The summed E-state index contributed by atoms with van der Waals surface area (Å²) in [7, 11) is -3.53. The highest BCUT2D eigenvalue weighted by Gasteiger charge is 2.31. The molecule has 7 nitrogen and oxygen atoms in total. The Morgan fingerprint density at radius 3 is 2.43 bits per heavy atom. The van der Waals surface area contributed by atoms with Crippen molar-refractivity contribution in [2.24, 2.45) is 5.92 Å². The summed E-state index contributed by atoms with van der Waals surface area (Å²) in [5.41, 5.74) is 0. The Balaban J connectivity index is 2.40. The number of carboxylic acid groups (broad SMARTS) is 1. The van der Waals surface area contributed by atoms with Crippen LogP contribution in [0.4, 0.5) is 0 Å². The summed E-state index contributed by atoms with van der Waals surface area (Å²) >= 11 is 0. The van der Waals surface area contributed by atoms with Crippen molar-refractivity contribution < 1.29 is 23.1 Å². The van der Waals surface area contributed by atoms with Crippen molar-refractivity contribution in [3.05, 3.63) is 0 Å². The molecule has 0 radical (unpaired) electrons. The van der Waals surface area contributed by atoms with E-state index in [1.807, 2.05) is 6.92 Å². The average molecular weight is 320 g/mol. The smallest absolute Gasteiger partial charge is 0.304 e. The van der Waals surface area contributed by atoms with Gasteiger partial charge in [-0.3, -0.25) is 9.59 Å². The fourth-order valence-corrected chi connectivity index (χ4v) is 3.73.